The van der Waals surface area contributed by atoms with Crippen molar-refractivity contribution in [1.29, 1.82) is 0 Å². The van der Waals surface area contributed by atoms with Crippen LogP contribution in [-0.2, 0) is 6.54 Å². The van der Waals surface area contributed by atoms with Crippen molar-refractivity contribution in [2.75, 3.05) is 40.9 Å². The number of likely N-dealkylation sites (tertiary alicyclic amines) is 1. The van der Waals surface area contributed by atoms with E-state index in [-0.39, 0.29) is 17.9 Å². The van der Waals surface area contributed by atoms with E-state index in [2.05, 4.69) is 17.3 Å². The number of carbonyl (C=O) groups is 2. The molecule has 2 aromatic rings. The standard InChI is InChI=1S/C25H33N3O4/c1-5-28(21-10-7-13-27(2)17-21)25(30)20-9-6-8-18(14-20)16-26-24(29)19-11-12-22(31-3)23(15-19)32-4/h6,8-9,11-12,14-15,21H,5,7,10,13,16-17H2,1-4H3,(H,26,29). The van der Waals surface area contributed by atoms with Crippen LogP contribution in [0.5, 0.6) is 11.5 Å². The predicted octanol–water partition coefficient (Wildman–Crippen LogP) is 3.19. The van der Waals surface area contributed by atoms with Crippen LogP contribution in [-0.4, -0.2) is 68.6 Å². The Labute approximate surface area is 190 Å². The van der Waals surface area contributed by atoms with Crippen LogP contribution in [0.4, 0.5) is 0 Å². The molecule has 0 spiro atoms. The molecular weight excluding hydrogens is 406 g/mol. The maximum Gasteiger partial charge on any atom is 0.254 e. The molecule has 0 radical (unpaired) electrons. The molecular formula is C25H33N3O4. The minimum Gasteiger partial charge on any atom is -0.493 e. The first-order chi connectivity index (χ1) is 15.5. The van der Waals surface area contributed by atoms with E-state index in [1.807, 2.05) is 36.1 Å². The van der Waals surface area contributed by atoms with Gasteiger partial charge in [0.1, 0.15) is 0 Å². The summed E-state index contributed by atoms with van der Waals surface area (Å²) in [6.45, 7) is 5.02. The maximum absolute atomic E-state index is 13.2. The number of hydrogen-bond acceptors (Lipinski definition) is 5. The fourth-order valence-electron chi connectivity index (χ4n) is 4.20. The first kappa shape index (κ1) is 23.6. The van der Waals surface area contributed by atoms with Crippen LogP contribution in [0, 0.1) is 0 Å². The topological polar surface area (TPSA) is 71.1 Å². The molecule has 0 aromatic heterocycles. The Hall–Kier alpha value is -3.06. The Kier molecular flexibility index (Phi) is 8.11. The van der Waals surface area contributed by atoms with Crippen molar-refractivity contribution in [3.63, 3.8) is 0 Å². The molecule has 1 saturated heterocycles. The van der Waals surface area contributed by atoms with E-state index in [0.29, 0.717) is 35.7 Å². The minimum atomic E-state index is -0.219. The van der Waals surface area contributed by atoms with Gasteiger partial charge in [0.15, 0.2) is 11.5 Å². The summed E-state index contributed by atoms with van der Waals surface area (Å²) in [4.78, 5) is 30.1. The maximum atomic E-state index is 13.2. The van der Waals surface area contributed by atoms with Gasteiger partial charge in [-0.25, -0.2) is 0 Å². The molecule has 3 rings (SSSR count). The molecule has 2 aromatic carbocycles. The number of ether oxygens (including phenoxy) is 2. The van der Waals surface area contributed by atoms with E-state index in [1.165, 1.54) is 7.11 Å². The Morgan fingerprint density at radius 1 is 1.09 bits per heavy atom. The van der Waals surface area contributed by atoms with Gasteiger partial charge in [-0.3, -0.25) is 9.59 Å². The van der Waals surface area contributed by atoms with Crippen LogP contribution < -0.4 is 14.8 Å². The highest BCUT2D eigenvalue weighted by Crippen LogP contribution is 2.27. The molecule has 1 heterocycles. The van der Waals surface area contributed by atoms with Crippen molar-refractivity contribution < 1.29 is 19.1 Å². The second-order valence-electron chi connectivity index (χ2n) is 8.10. The molecule has 0 saturated carbocycles. The largest absolute Gasteiger partial charge is 0.493 e. The number of amides is 2. The van der Waals surface area contributed by atoms with Crippen LogP contribution in [0.25, 0.3) is 0 Å². The van der Waals surface area contributed by atoms with Crippen molar-refractivity contribution in [3.8, 4) is 11.5 Å². The van der Waals surface area contributed by atoms with Gasteiger partial charge in [0.2, 0.25) is 0 Å². The van der Waals surface area contributed by atoms with Gasteiger partial charge in [0, 0.05) is 36.8 Å². The minimum absolute atomic E-state index is 0.0425. The third-order valence-electron chi connectivity index (χ3n) is 5.91. The molecule has 7 heteroatoms. The Balaban J connectivity index is 1.66. The Bertz CT molecular complexity index is 947. The molecule has 1 aliphatic rings. The lowest BCUT2D eigenvalue weighted by Gasteiger charge is -2.37. The van der Waals surface area contributed by atoms with Crippen LogP contribution in [0.2, 0.25) is 0 Å². The molecule has 0 aliphatic carbocycles. The fourth-order valence-corrected chi connectivity index (χ4v) is 4.20. The zero-order chi connectivity index (χ0) is 23.1. The predicted molar refractivity (Wildman–Crippen MR) is 124 cm³/mol. The van der Waals surface area contributed by atoms with E-state index in [0.717, 1.165) is 31.5 Å². The number of methoxy groups -OCH3 is 2. The van der Waals surface area contributed by atoms with Gasteiger partial charge in [-0.15, -0.1) is 0 Å². The van der Waals surface area contributed by atoms with Gasteiger partial charge >= 0.3 is 0 Å². The molecule has 1 aliphatic heterocycles. The second kappa shape index (κ2) is 11.0. The Morgan fingerprint density at radius 3 is 2.56 bits per heavy atom. The first-order valence-corrected chi connectivity index (χ1v) is 11.1. The summed E-state index contributed by atoms with van der Waals surface area (Å²) in [5.41, 5.74) is 2.01. The molecule has 1 atom stereocenters. The lowest BCUT2D eigenvalue weighted by molar-refractivity contribution is 0.0588. The van der Waals surface area contributed by atoms with E-state index in [9.17, 15) is 9.59 Å². The third kappa shape index (κ3) is 5.59. The molecule has 1 fully saturated rings. The van der Waals surface area contributed by atoms with Gasteiger partial charge in [0.05, 0.1) is 14.2 Å². The molecule has 1 unspecified atom stereocenters. The lowest BCUT2D eigenvalue weighted by atomic mass is 10.0. The zero-order valence-corrected chi connectivity index (χ0v) is 19.4. The SMILES string of the molecule is CCN(C(=O)c1cccc(CNC(=O)c2ccc(OC)c(OC)c2)c1)C1CCCN(C)C1. The summed E-state index contributed by atoms with van der Waals surface area (Å²) in [6.07, 6.45) is 2.14. The van der Waals surface area contributed by atoms with E-state index in [4.69, 9.17) is 9.47 Å². The van der Waals surface area contributed by atoms with Crippen molar-refractivity contribution in [3.05, 3.63) is 59.2 Å². The van der Waals surface area contributed by atoms with E-state index < -0.39 is 0 Å². The van der Waals surface area contributed by atoms with Gasteiger partial charge in [-0.1, -0.05) is 12.1 Å². The molecule has 0 bridgehead atoms. The summed E-state index contributed by atoms with van der Waals surface area (Å²) in [5.74, 6) is 0.893. The fraction of sp³-hybridized carbons (Fsp3) is 0.440. The highest BCUT2D eigenvalue weighted by Gasteiger charge is 2.27. The number of benzene rings is 2. The number of likely N-dealkylation sites (N-methyl/N-ethyl adjacent to an activating group) is 2. The highest BCUT2D eigenvalue weighted by molar-refractivity contribution is 5.95. The second-order valence-corrected chi connectivity index (χ2v) is 8.10. The van der Waals surface area contributed by atoms with Crippen molar-refractivity contribution in [2.24, 2.45) is 0 Å². The van der Waals surface area contributed by atoms with Crippen molar-refractivity contribution in [1.82, 2.24) is 15.1 Å². The van der Waals surface area contributed by atoms with Crippen LogP contribution >= 0.6 is 0 Å². The number of nitrogens with one attached hydrogen (secondary N) is 1. The Morgan fingerprint density at radius 2 is 1.88 bits per heavy atom. The molecule has 172 valence electrons. The summed E-state index contributed by atoms with van der Waals surface area (Å²) >= 11 is 0. The third-order valence-corrected chi connectivity index (χ3v) is 5.91. The molecule has 1 N–H and O–H groups in total. The normalized spacial score (nSPS) is 16.3. The summed E-state index contributed by atoms with van der Waals surface area (Å²) in [5, 5.41) is 2.92. The van der Waals surface area contributed by atoms with Gasteiger partial charge in [-0.2, -0.15) is 0 Å². The number of nitrogens with zero attached hydrogens (tertiary/aromatic N) is 2. The van der Waals surface area contributed by atoms with Gasteiger partial charge < -0.3 is 24.6 Å². The summed E-state index contributed by atoms with van der Waals surface area (Å²) < 4.78 is 10.5. The summed E-state index contributed by atoms with van der Waals surface area (Å²) in [7, 11) is 5.19. The summed E-state index contributed by atoms with van der Waals surface area (Å²) in [6, 6.07) is 12.8. The van der Waals surface area contributed by atoms with Crippen LogP contribution in [0.3, 0.4) is 0 Å². The zero-order valence-electron chi connectivity index (χ0n) is 19.4. The lowest BCUT2D eigenvalue weighted by Crippen LogP contribution is -2.49. The van der Waals surface area contributed by atoms with E-state index in [1.54, 1.807) is 25.3 Å². The monoisotopic (exact) mass is 439 g/mol. The van der Waals surface area contributed by atoms with Crippen LogP contribution in [0.1, 0.15) is 46.0 Å². The molecule has 32 heavy (non-hydrogen) atoms. The molecule has 7 nitrogen and oxygen atoms in total. The number of carbonyl (C=O) groups excluding carboxylic acids is 2. The smallest absolute Gasteiger partial charge is 0.254 e. The van der Waals surface area contributed by atoms with Gasteiger partial charge in [-0.05, 0) is 69.3 Å². The number of hydrogen-bond donors (Lipinski definition) is 1. The quantitative estimate of drug-likeness (QED) is 0.684. The number of piperidine rings is 1. The average Bonchev–Trinajstić information content (AvgIpc) is 2.82. The average molecular weight is 440 g/mol. The first-order valence-electron chi connectivity index (χ1n) is 11.1. The highest BCUT2D eigenvalue weighted by atomic mass is 16.5. The van der Waals surface area contributed by atoms with Crippen molar-refractivity contribution in [2.45, 2.75) is 32.4 Å². The van der Waals surface area contributed by atoms with Crippen molar-refractivity contribution >= 4 is 11.8 Å². The number of rotatable bonds is 8. The van der Waals surface area contributed by atoms with Crippen LogP contribution in [0.15, 0.2) is 42.5 Å². The molecule has 2 amide bonds. The van der Waals surface area contributed by atoms with E-state index >= 15 is 0 Å². The van der Waals surface area contributed by atoms with Gasteiger partial charge in [0.25, 0.3) is 11.8 Å².